The van der Waals surface area contributed by atoms with Gasteiger partial charge < -0.3 is 9.47 Å². The second-order valence-corrected chi connectivity index (χ2v) is 8.31. The predicted molar refractivity (Wildman–Crippen MR) is 136 cm³/mol. The third-order valence-electron chi connectivity index (χ3n) is 6.12. The minimum Gasteiger partial charge on any atom is -0.489 e. The SMILES string of the molecule is O=CCOc1ccc(C2=C(c3ccccc3)CCc3cc(OCc4ccccc4)ccc32)cc1. The zero-order valence-electron chi connectivity index (χ0n) is 18.9. The molecule has 0 amide bonds. The van der Waals surface area contributed by atoms with Gasteiger partial charge in [0.15, 0.2) is 6.29 Å². The van der Waals surface area contributed by atoms with E-state index in [0.29, 0.717) is 12.4 Å². The van der Waals surface area contributed by atoms with Gasteiger partial charge in [-0.15, -0.1) is 0 Å². The molecule has 34 heavy (non-hydrogen) atoms. The largest absolute Gasteiger partial charge is 0.489 e. The Hall–Kier alpha value is -4.11. The van der Waals surface area contributed by atoms with Gasteiger partial charge in [0, 0.05) is 0 Å². The van der Waals surface area contributed by atoms with Crippen molar-refractivity contribution < 1.29 is 14.3 Å². The van der Waals surface area contributed by atoms with Gasteiger partial charge in [0.1, 0.15) is 24.7 Å². The maximum absolute atomic E-state index is 10.6. The van der Waals surface area contributed by atoms with Crippen LogP contribution in [-0.4, -0.2) is 12.9 Å². The number of carbonyl (C=O) groups excluding carboxylic acids is 1. The summed E-state index contributed by atoms with van der Waals surface area (Å²) in [5, 5.41) is 0. The van der Waals surface area contributed by atoms with Gasteiger partial charge in [-0.2, -0.15) is 0 Å². The van der Waals surface area contributed by atoms with E-state index in [0.717, 1.165) is 36.0 Å². The molecule has 0 radical (unpaired) electrons. The molecule has 1 aliphatic carbocycles. The van der Waals surface area contributed by atoms with E-state index in [1.807, 2.05) is 30.3 Å². The molecule has 168 valence electrons. The molecule has 4 aromatic rings. The fourth-order valence-corrected chi connectivity index (χ4v) is 4.50. The highest BCUT2D eigenvalue weighted by molar-refractivity contribution is 6.00. The molecule has 0 bridgehead atoms. The molecule has 0 unspecified atom stereocenters. The first-order valence-electron chi connectivity index (χ1n) is 11.6. The van der Waals surface area contributed by atoms with Crippen LogP contribution < -0.4 is 9.47 Å². The van der Waals surface area contributed by atoms with Crippen LogP contribution in [0.3, 0.4) is 0 Å². The van der Waals surface area contributed by atoms with E-state index in [9.17, 15) is 4.79 Å². The summed E-state index contributed by atoms with van der Waals surface area (Å²) < 4.78 is 11.6. The van der Waals surface area contributed by atoms with Crippen LogP contribution in [0.5, 0.6) is 11.5 Å². The second kappa shape index (κ2) is 10.2. The van der Waals surface area contributed by atoms with Crippen molar-refractivity contribution in [2.45, 2.75) is 19.4 Å². The first kappa shape index (κ1) is 21.7. The Kier molecular flexibility index (Phi) is 6.53. The third kappa shape index (κ3) is 4.79. The van der Waals surface area contributed by atoms with Crippen molar-refractivity contribution in [1.82, 2.24) is 0 Å². The molecule has 1 aliphatic rings. The lowest BCUT2D eigenvalue weighted by Gasteiger charge is -2.25. The Morgan fingerprint density at radius 3 is 2.12 bits per heavy atom. The molecule has 0 N–H and O–H groups in total. The molecule has 4 aromatic carbocycles. The Labute approximate surface area is 200 Å². The molecule has 0 aliphatic heterocycles. The number of aryl methyl sites for hydroxylation is 1. The molecule has 0 atom stereocenters. The van der Waals surface area contributed by atoms with E-state index in [1.165, 1.54) is 27.8 Å². The average molecular weight is 447 g/mol. The first-order chi connectivity index (χ1) is 16.8. The normalized spacial score (nSPS) is 12.7. The van der Waals surface area contributed by atoms with Crippen molar-refractivity contribution in [2.24, 2.45) is 0 Å². The van der Waals surface area contributed by atoms with E-state index in [-0.39, 0.29) is 6.61 Å². The lowest BCUT2D eigenvalue weighted by molar-refractivity contribution is -0.109. The summed E-state index contributed by atoms with van der Waals surface area (Å²) in [4.78, 5) is 10.6. The van der Waals surface area contributed by atoms with Crippen molar-refractivity contribution >= 4 is 17.4 Å². The minimum atomic E-state index is 0.0614. The molecule has 0 saturated heterocycles. The zero-order valence-corrected chi connectivity index (χ0v) is 18.9. The molecule has 3 nitrogen and oxygen atoms in total. The van der Waals surface area contributed by atoms with Crippen LogP contribution >= 0.6 is 0 Å². The quantitative estimate of drug-likeness (QED) is 0.281. The number of hydrogen-bond acceptors (Lipinski definition) is 3. The number of rotatable bonds is 8. The molecule has 0 fully saturated rings. The summed E-state index contributed by atoms with van der Waals surface area (Å²) in [5.74, 6) is 1.58. The third-order valence-corrected chi connectivity index (χ3v) is 6.12. The van der Waals surface area contributed by atoms with Gasteiger partial charge in [0.25, 0.3) is 0 Å². The summed E-state index contributed by atoms with van der Waals surface area (Å²) in [7, 11) is 0. The lowest BCUT2D eigenvalue weighted by Crippen LogP contribution is -2.07. The maximum Gasteiger partial charge on any atom is 0.157 e. The summed E-state index contributed by atoms with van der Waals surface area (Å²) in [6, 6.07) is 35.3. The minimum absolute atomic E-state index is 0.0614. The summed E-state index contributed by atoms with van der Waals surface area (Å²) in [6.45, 7) is 0.617. The van der Waals surface area contributed by atoms with E-state index in [4.69, 9.17) is 9.47 Å². The smallest absolute Gasteiger partial charge is 0.157 e. The highest BCUT2D eigenvalue weighted by Crippen LogP contribution is 2.42. The number of ether oxygens (including phenoxy) is 2. The van der Waals surface area contributed by atoms with E-state index < -0.39 is 0 Å². The van der Waals surface area contributed by atoms with Crippen LogP contribution in [0.15, 0.2) is 103 Å². The van der Waals surface area contributed by atoms with Gasteiger partial charge >= 0.3 is 0 Å². The number of carbonyl (C=O) groups is 1. The second-order valence-electron chi connectivity index (χ2n) is 8.31. The molecular weight excluding hydrogens is 420 g/mol. The Bertz CT molecular complexity index is 1290. The first-order valence-corrected chi connectivity index (χ1v) is 11.6. The fourth-order valence-electron chi connectivity index (χ4n) is 4.50. The van der Waals surface area contributed by atoms with Crippen LogP contribution in [0.2, 0.25) is 0 Å². The highest BCUT2D eigenvalue weighted by atomic mass is 16.5. The molecule has 0 heterocycles. The van der Waals surface area contributed by atoms with Crippen molar-refractivity contribution in [1.29, 1.82) is 0 Å². The van der Waals surface area contributed by atoms with Gasteiger partial charge in [-0.3, -0.25) is 4.79 Å². The van der Waals surface area contributed by atoms with Crippen molar-refractivity contribution in [3.8, 4) is 11.5 Å². The zero-order chi connectivity index (χ0) is 23.2. The standard InChI is InChI=1S/C31H26O3/c32-19-20-33-27-14-11-25(12-15-27)31-29(24-9-5-2-6-10-24)17-13-26-21-28(16-18-30(26)31)34-22-23-7-3-1-4-8-23/h1-12,14-16,18-19,21H,13,17,20,22H2. The summed E-state index contributed by atoms with van der Waals surface area (Å²) in [5.41, 5.74) is 8.64. The molecule has 0 saturated carbocycles. The summed E-state index contributed by atoms with van der Waals surface area (Å²) in [6.07, 6.45) is 2.68. The predicted octanol–water partition coefficient (Wildman–Crippen LogP) is 6.75. The Balaban J connectivity index is 1.51. The van der Waals surface area contributed by atoms with Crippen LogP contribution in [0.25, 0.3) is 11.1 Å². The molecule has 0 aromatic heterocycles. The molecule has 3 heteroatoms. The van der Waals surface area contributed by atoms with Crippen LogP contribution in [0, 0.1) is 0 Å². The van der Waals surface area contributed by atoms with Crippen LogP contribution in [0.4, 0.5) is 0 Å². The van der Waals surface area contributed by atoms with Crippen LogP contribution in [0.1, 0.15) is 34.2 Å². The number of aldehydes is 1. The average Bonchev–Trinajstić information content (AvgIpc) is 2.91. The molecule has 5 rings (SSSR count). The molecular formula is C31H26O3. The topological polar surface area (TPSA) is 35.5 Å². The molecule has 0 spiro atoms. The van der Waals surface area contributed by atoms with Gasteiger partial charge in [0.2, 0.25) is 0 Å². The van der Waals surface area contributed by atoms with Gasteiger partial charge in [-0.1, -0.05) is 78.9 Å². The Morgan fingerprint density at radius 2 is 1.38 bits per heavy atom. The van der Waals surface area contributed by atoms with Crippen LogP contribution in [-0.2, 0) is 17.8 Å². The van der Waals surface area contributed by atoms with E-state index >= 15 is 0 Å². The summed E-state index contributed by atoms with van der Waals surface area (Å²) >= 11 is 0. The van der Waals surface area contributed by atoms with E-state index in [1.54, 1.807) is 0 Å². The van der Waals surface area contributed by atoms with Gasteiger partial charge in [0.05, 0.1) is 0 Å². The van der Waals surface area contributed by atoms with Crippen molar-refractivity contribution in [3.63, 3.8) is 0 Å². The van der Waals surface area contributed by atoms with Crippen molar-refractivity contribution in [3.05, 3.63) is 131 Å². The maximum atomic E-state index is 10.6. The van der Waals surface area contributed by atoms with Gasteiger partial charge in [-0.25, -0.2) is 0 Å². The monoisotopic (exact) mass is 446 g/mol. The van der Waals surface area contributed by atoms with Gasteiger partial charge in [-0.05, 0) is 76.1 Å². The Morgan fingerprint density at radius 1 is 0.676 bits per heavy atom. The number of fused-ring (bicyclic) bond motifs is 1. The fraction of sp³-hybridized carbons (Fsp3) is 0.129. The lowest BCUT2D eigenvalue weighted by atomic mass is 9.79. The number of benzene rings is 4. The number of hydrogen-bond donors (Lipinski definition) is 0. The van der Waals surface area contributed by atoms with E-state index in [2.05, 4.69) is 72.8 Å². The van der Waals surface area contributed by atoms with Crippen molar-refractivity contribution in [2.75, 3.05) is 6.61 Å². The highest BCUT2D eigenvalue weighted by Gasteiger charge is 2.22. The number of allylic oxidation sites excluding steroid dienone is 1.